The first-order chi connectivity index (χ1) is 10.7. The first-order valence-corrected chi connectivity index (χ1v) is 7.44. The van der Waals surface area contributed by atoms with Gasteiger partial charge in [0.1, 0.15) is 6.67 Å². The quantitative estimate of drug-likeness (QED) is 0.856. The predicted octanol–water partition coefficient (Wildman–Crippen LogP) is 3.62. The summed E-state index contributed by atoms with van der Waals surface area (Å²) < 4.78 is 13.7. The minimum atomic E-state index is -0.489. The highest BCUT2D eigenvalue weighted by Gasteiger charge is 2.07. The Morgan fingerprint density at radius 3 is 2.59 bits per heavy atom. The Hall–Kier alpha value is -2.37. The van der Waals surface area contributed by atoms with E-state index in [0.717, 1.165) is 18.5 Å². The molecule has 0 unspecified atom stereocenters. The summed E-state index contributed by atoms with van der Waals surface area (Å²) in [7, 11) is 0. The molecule has 2 aromatic rings. The zero-order chi connectivity index (χ0) is 15.9. The number of anilines is 2. The molecule has 0 fully saturated rings. The van der Waals surface area contributed by atoms with Crippen LogP contribution in [0.25, 0.3) is 0 Å². The fraction of sp³-hybridized carbons (Fsp3) is 0.375. The number of hydrogen-bond acceptors (Lipinski definition) is 2. The molecule has 2 amide bonds. The summed E-state index contributed by atoms with van der Waals surface area (Å²) in [4.78, 5) is 12.0. The van der Waals surface area contributed by atoms with Crippen molar-refractivity contribution in [2.45, 2.75) is 33.2 Å². The van der Waals surface area contributed by atoms with Crippen LogP contribution in [0.4, 0.5) is 20.6 Å². The van der Waals surface area contributed by atoms with Crippen LogP contribution in [0, 0.1) is 0 Å². The van der Waals surface area contributed by atoms with Gasteiger partial charge in [0.05, 0.1) is 18.4 Å². The number of nitrogens with one attached hydrogen (secondary N) is 2. The third-order valence-electron chi connectivity index (χ3n) is 3.43. The molecule has 0 aliphatic carbocycles. The molecule has 0 spiro atoms. The largest absolute Gasteiger partial charge is 0.323 e. The number of carbonyl (C=O) groups is 1. The van der Waals surface area contributed by atoms with Gasteiger partial charge >= 0.3 is 6.03 Å². The van der Waals surface area contributed by atoms with Crippen LogP contribution in [0.15, 0.2) is 30.6 Å². The molecule has 0 saturated heterocycles. The second kappa shape index (κ2) is 7.59. The Labute approximate surface area is 129 Å². The van der Waals surface area contributed by atoms with E-state index in [0.29, 0.717) is 5.69 Å². The standard InChI is InChI=1S/C16H21FN4O/c1-3-12-5-6-14(9-13(12)4-2)19-16(22)20-15-10-18-21(11-15)8-7-17/h5-6,9-11H,3-4,7-8H2,1-2H3,(H2,19,20,22). The Bertz CT molecular complexity index is 639. The zero-order valence-electron chi connectivity index (χ0n) is 12.9. The number of carbonyl (C=O) groups excluding carboxylic acids is 1. The Morgan fingerprint density at radius 2 is 1.91 bits per heavy atom. The number of amides is 2. The van der Waals surface area contributed by atoms with Crippen LogP contribution in [0.2, 0.25) is 0 Å². The van der Waals surface area contributed by atoms with E-state index in [2.05, 4.69) is 29.6 Å². The van der Waals surface area contributed by atoms with Crippen LogP contribution in [-0.2, 0) is 19.4 Å². The number of aryl methyl sites for hydroxylation is 3. The molecule has 2 N–H and O–H groups in total. The topological polar surface area (TPSA) is 59.0 Å². The molecule has 1 heterocycles. The summed E-state index contributed by atoms with van der Waals surface area (Å²) in [6, 6.07) is 5.58. The molecule has 5 nitrogen and oxygen atoms in total. The molecular formula is C16H21FN4O. The first kappa shape index (κ1) is 16.0. The number of halogens is 1. The number of urea groups is 1. The minimum Gasteiger partial charge on any atom is -0.308 e. The van der Waals surface area contributed by atoms with E-state index in [4.69, 9.17) is 0 Å². The van der Waals surface area contributed by atoms with Gasteiger partial charge in [0, 0.05) is 11.9 Å². The summed E-state index contributed by atoms with van der Waals surface area (Å²) >= 11 is 0. The molecule has 1 aromatic heterocycles. The first-order valence-electron chi connectivity index (χ1n) is 7.44. The number of aromatic nitrogens is 2. The highest BCUT2D eigenvalue weighted by atomic mass is 19.1. The minimum absolute atomic E-state index is 0.182. The van der Waals surface area contributed by atoms with E-state index in [-0.39, 0.29) is 12.6 Å². The molecule has 118 valence electrons. The van der Waals surface area contributed by atoms with E-state index in [1.54, 1.807) is 6.20 Å². The molecule has 2 rings (SSSR count). The summed E-state index contributed by atoms with van der Waals surface area (Å²) in [6.07, 6.45) is 4.99. The van der Waals surface area contributed by atoms with Crippen molar-refractivity contribution >= 4 is 17.4 Å². The molecule has 0 atom stereocenters. The van der Waals surface area contributed by atoms with Gasteiger partial charge in [-0.1, -0.05) is 19.9 Å². The molecule has 0 bridgehead atoms. The number of nitrogens with zero attached hydrogens (tertiary/aromatic N) is 2. The van der Waals surface area contributed by atoms with E-state index in [1.807, 2.05) is 18.2 Å². The van der Waals surface area contributed by atoms with Gasteiger partial charge in [0.2, 0.25) is 0 Å². The number of benzene rings is 1. The van der Waals surface area contributed by atoms with Gasteiger partial charge in [0.15, 0.2) is 0 Å². The van der Waals surface area contributed by atoms with Crippen molar-refractivity contribution in [2.75, 3.05) is 17.3 Å². The number of rotatable bonds is 6. The van der Waals surface area contributed by atoms with E-state index < -0.39 is 6.67 Å². The lowest BCUT2D eigenvalue weighted by atomic mass is 10.0. The van der Waals surface area contributed by atoms with Gasteiger partial charge in [-0.05, 0) is 36.1 Å². The molecule has 6 heteroatoms. The van der Waals surface area contributed by atoms with E-state index in [1.165, 1.54) is 22.0 Å². The molecule has 0 aliphatic heterocycles. The molecular weight excluding hydrogens is 283 g/mol. The van der Waals surface area contributed by atoms with Crippen LogP contribution in [-0.4, -0.2) is 22.5 Å². The van der Waals surface area contributed by atoms with Crippen molar-refractivity contribution in [3.05, 3.63) is 41.7 Å². The SMILES string of the molecule is CCc1ccc(NC(=O)Nc2cnn(CCF)c2)cc1CC. The predicted molar refractivity (Wildman–Crippen MR) is 86.0 cm³/mol. The molecule has 0 aliphatic rings. The molecule has 22 heavy (non-hydrogen) atoms. The maximum absolute atomic E-state index is 12.2. The zero-order valence-corrected chi connectivity index (χ0v) is 12.9. The number of alkyl halides is 1. The summed E-state index contributed by atoms with van der Waals surface area (Å²) in [5.41, 5.74) is 3.81. The van der Waals surface area contributed by atoms with E-state index >= 15 is 0 Å². The normalized spacial score (nSPS) is 10.5. The molecule has 0 saturated carbocycles. The van der Waals surface area contributed by atoms with Crippen LogP contribution >= 0.6 is 0 Å². The van der Waals surface area contributed by atoms with Gasteiger partial charge < -0.3 is 10.6 Å². The van der Waals surface area contributed by atoms with Crippen molar-refractivity contribution < 1.29 is 9.18 Å². The second-order valence-corrected chi connectivity index (χ2v) is 4.95. The lowest BCUT2D eigenvalue weighted by molar-refractivity contribution is 0.262. The average molecular weight is 304 g/mol. The molecule has 1 aromatic carbocycles. The maximum atomic E-state index is 12.2. The smallest absolute Gasteiger partial charge is 0.308 e. The second-order valence-electron chi connectivity index (χ2n) is 4.95. The van der Waals surface area contributed by atoms with Gasteiger partial charge in [0.25, 0.3) is 0 Å². The van der Waals surface area contributed by atoms with Gasteiger partial charge in [-0.3, -0.25) is 4.68 Å². The Kier molecular flexibility index (Phi) is 5.52. The third kappa shape index (κ3) is 4.07. The fourth-order valence-electron chi connectivity index (χ4n) is 2.31. The third-order valence-corrected chi connectivity index (χ3v) is 3.43. The van der Waals surface area contributed by atoms with Crippen LogP contribution in [0.1, 0.15) is 25.0 Å². The van der Waals surface area contributed by atoms with E-state index in [9.17, 15) is 9.18 Å². The van der Waals surface area contributed by atoms with Crippen LogP contribution < -0.4 is 10.6 Å². The van der Waals surface area contributed by atoms with Crippen LogP contribution in [0.5, 0.6) is 0 Å². The lowest BCUT2D eigenvalue weighted by Crippen LogP contribution is -2.19. The highest BCUT2D eigenvalue weighted by Crippen LogP contribution is 2.17. The lowest BCUT2D eigenvalue weighted by Gasteiger charge is -2.10. The van der Waals surface area contributed by atoms with Gasteiger partial charge in [-0.25, -0.2) is 9.18 Å². The average Bonchev–Trinajstić information content (AvgIpc) is 2.94. The fourth-order valence-corrected chi connectivity index (χ4v) is 2.31. The highest BCUT2D eigenvalue weighted by molar-refractivity contribution is 5.99. The molecule has 0 radical (unpaired) electrons. The maximum Gasteiger partial charge on any atom is 0.323 e. The van der Waals surface area contributed by atoms with Crippen molar-refractivity contribution in [3.8, 4) is 0 Å². The van der Waals surface area contributed by atoms with Crippen molar-refractivity contribution in [1.29, 1.82) is 0 Å². The summed E-state index contributed by atoms with van der Waals surface area (Å²) in [5.74, 6) is 0. The summed E-state index contributed by atoms with van der Waals surface area (Å²) in [5, 5.41) is 9.43. The van der Waals surface area contributed by atoms with Crippen molar-refractivity contribution in [3.63, 3.8) is 0 Å². The van der Waals surface area contributed by atoms with Crippen LogP contribution in [0.3, 0.4) is 0 Å². The van der Waals surface area contributed by atoms with Gasteiger partial charge in [-0.15, -0.1) is 0 Å². The summed E-state index contributed by atoms with van der Waals surface area (Å²) in [6.45, 7) is 3.90. The van der Waals surface area contributed by atoms with Crippen molar-refractivity contribution in [2.24, 2.45) is 0 Å². The van der Waals surface area contributed by atoms with Crippen molar-refractivity contribution in [1.82, 2.24) is 9.78 Å². The number of hydrogen-bond donors (Lipinski definition) is 2. The Morgan fingerprint density at radius 1 is 1.18 bits per heavy atom. The Balaban J connectivity index is 1.99. The monoisotopic (exact) mass is 304 g/mol. The van der Waals surface area contributed by atoms with Gasteiger partial charge in [-0.2, -0.15) is 5.10 Å².